The van der Waals surface area contributed by atoms with Gasteiger partial charge in [-0.3, -0.25) is 4.79 Å². The molecule has 0 spiro atoms. The normalized spacial score (nSPS) is 10.7. The molecule has 0 heterocycles. The van der Waals surface area contributed by atoms with Gasteiger partial charge in [-0.25, -0.2) is 0 Å². The number of rotatable bonds is 4. The maximum Gasteiger partial charge on any atom is 0.150 e. The lowest BCUT2D eigenvalue weighted by molar-refractivity contribution is 0.112. The summed E-state index contributed by atoms with van der Waals surface area (Å²) in [5.74, 6) is 1.46. The van der Waals surface area contributed by atoms with Crippen LogP contribution in [-0.4, -0.2) is 6.29 Å². The Morgan fingerprint density at radius 1 is 0.769 bits per heavy atom. The summed E-state index contributed by atoms with van der Waals surface area (Å²) in [5, 5.41) is 2.82. The predicted molar refractivity (Wildman–Crippen MR) is 106 cm³/mol. The number of hydrogen-bond donors (Lipinski definition) is 0. The largest absolute Gasteiger partial charge is 0.456 e. The Kier molecular flexibility index (Phi) is 4.42. The average molecular weight is 359 g/mol. The lowest BCUT2D eigenvalue weighted by Crippen LogP contribution is -1.91. The molecule has 0 atom stereocenters. The van der Waals surface area contributed by atoms with Gasteiger partial charge in [0, 0.05) is 21.5 Å². The van der Waals surface area contributed by atoms with Gasteiger partial charge in [-0.05, 0) is 53.4 Å². The summed E-state index contributed by atoms with van der Waals surface area (Å²) in [7, 11) is 0. The number of hydrogen-bond acceptors (Lipinski definition) is 2. The SMILES string of the molecule is O=Cc1ccc(Oc2c(-c3ccc(Cl)cc3)ccc3ccccc23)cc1. The van der Waals surface area contributed by atoms with Crippen molar-refractivity contribution in [2.24, 2.45) is 0 Å². The van der Waals surface area contributed by atoms with Crippen molar-refractivity contribution in [3.05, 3.63) is 95.5 Å². The summed E-state index contributed by atoms with van der Waals surface area (Å²) < 4.78 is 6.26. The van der Waals surface area contributed by atoms with Crippen LogP contribution < -0.4 is 4.74 Å². The molecule has 4 aromatic rings. The van der Waals surface area contributed by atoms with Gasteiger partial charge in [-0.2, -0.15) is 0 Å². The Hall–Kier alpha value is -3.10. The Labute approximate surface area is 156 Å². The van der Waals surface area contributed by atoms with Crippen molar-refractivity contribution in [2.75, 3.05) is 0 Å². The standard InChI is InChI=1S/C23H15ClO2/c24-19-10-7-18(8-11-19)22-14-9-17-3-1-2-4-21(17)23(22)26-20-12-5-16(15-25)6-13-20/h1-15H. The molecule has 0 saturated carbocycles. The van der Waals surface area contributed by atoms with E-state index in [1.807, 2.05) is 42.5 Å². The van der Waals surface area contributed by atoms with Gasteiger partial charge >= 0.3 is 0 Å². The van der Waals surface area contributed by atoms with E-state index in [2.05, 4.69) is 18.2 Å². The minimum absolute atomic E-state index is 0.619. The second-order valence-electron chi connectivity index (χ2n) is 5.96. The minimum Gasteiger partial charge on any atom is -0.456 e. The molecule has 2 nitrogen and oxygen atoms in total. The van der Waals surface area contributed by atoms with Gasteiger partial charge in [0.15, 0.2) is 0 Å². The first kappa shape index (κ1) is 16.4. The van der Waals surface area contributed by atoms with Crippen molar-refractivity contribution in [1.82, 2.24) is 0 Å². The Morgan fingerprint density at radius 3 is 2.23 bits per heavy atom. The molecular weight excluding hydrogens is 344 g/mol. The number of fused-ring (bicyclic) bond motifs is 1. The lowest BCUT2D eigenvalue weighted by atomic mass is 9.99. The molecule has 0 amide bonds. The second-order valence-corrected chi connectivity index (χ2v) is 6.40. The van der Waals surface area contributed by atoms with Crippen molar-refractivity contribution in [1.29, 1.82) is 0 Å². The number of ether oxygens (including phenoxy) is 1. The molecule has 0 aliphatic carbocycles. The van der Waals surface area contributed by atoms with Crippen LogP contribution in [0.3, 0.4) is 0 Å². The zero-order chi connectivity index (χ0) is 17.9. The molecule has 0 saturated heterocycles. The van der Waals surface area contributed by atoms with Gasteiger partial charge in [0.1, 0.15) is 17.8 Å². The van der Waals surface area contributed by atoms with E-state index in [1.54, 1.807) is 24.3 Å². The molecule has 0 fully saturated rings. The summed E-state index contributed by atoms with van der Waals surface area (Å²) in [6.07, 6.45) is 0.820. The first-order valence-electron chi connectivity index (χ1n) is 8.25. The van der Waals surface area contributed by atoms with E-state index in [0.717, 1.165) is 33.9 Å². The van der Waals surface area contributed by atoms with Gasteiger partial charge in [0.2, 0.25) is 0 Å². The zero-order valence-electron chi connectivity index (χ0n) is 13.9. The molecule has 4 rings (SSSR count). The fourth-order valence-electron chi connectivity index (χ4n) is 2.94. The van der Waals surface area contributed by atoms with Gasteiger partial charge in [0.05, 0.1) is 0 Å². The van der Waals surface area contributed by atoms with Gasteiger partial charge in [-0.1, -0.05) is 54.1 Å². The third-order valence-corrected chi connectivity index (χ3v) is 4.52. The minimum atomic E-state index is 0.619. The van der Waals surface area contributed by atoms with Crippen LogP contribution in [0.25, 0.3) is 21.9 Å². The van der Waals surface area contributed by atoms with Gasteiger partial charge < -0.3 is 4.74 Å². The lowest BCUT2D eigenvalue weighted by Gasteiger charge is -2.15. The second kappa shape index (κ2) is 7.03. The third-order valence-electron chi connectivity index (χ3n) is 4.27. The van der Waals surface area contributed by atoms with Crippen molar-refractivity contribution in [3.8, 4) is 22.6 Å². The van der Waals surface area contributed by atoms with Crippen molar-refractivity contribution >= 4 is 28.7 Å². The highest BCUT2D eigenvalue weighted by molar-refractivity contribution is 6.30. The number of carbonyl (C=O) groups is 1. The monoisotopic (exact) mass is 358 g/mol. The van der Waals surface area contributed by atoms with Gasteiger partial charge in [0.25, 0.3) is 0 Å². The first-order valence-corrected chi connectivity index (χ1v) is 8.63. The zero-order valence-corrected chi connectivity index (χ0v) is 14.6. The van der Waals surface area contributed by atoms with E-state index in [1.165, 1.54) is 0 Å². The highest BCUT2D eigenvalue weighted by atomic mass is 35.5. The van der Waals surface area contributed by atoms with Crippen LogP contribution in [0.4, 0.5) is 0 Å². The first-order chi connectivity index (χ1) is 12.7. The molecule has 0 unspecified atom stereocenters. The quantitative estimate of drug-likeness (QED) is 0.376. The van der Waals surface area contributed by atoms with Crippen LogP contribution >= 0.6 is 11.6 Å². The summed E-state index contributed by atoms with van der Waals surface area (Å²) in [4.78, 5) is 10.9. The molecular formula is C23H15ClO2. The van der Waals surface area contributed by atoms with E-state index < -0.39 is 0 Å². The summed E-state index contributed by atoms with van der Waals surface area (Å²) >= 11 is 6.03. The third kappa shape index (κ3) is 3.19. The summed E-state index contributed by atoms with van der Waals surface area (Å²) in [5.41, 5.74) is 2.63. The molecule has 0 aromatic heterocycles. The predicted octanol–water partition coefficient (Wildman–Crippen LogP) is 6.77. The fraction of sp³-hybridized carbons (Fsp3) is 0. The molecule has 4 aromatic carbocycles. The summed E-state index contributed by atoms with van der Waals surface area (Å²) in [6, 6.07) is 27.0. The highest BCUT2D eigenvalue weighted by Crippen LogP contribution is 2.39. The average Bonchev–Trinajstić information content (AvgIpc) is 2.70. The van der Waals surface area contributed by atoms with E-state index in [4.69, 9.17) is 16.3 Å². The van der Waals surface area contributed by atoms with Crippen LogP contribution in [0.5, 0.6) is 11.5 Å². The Bertz CT molecular complexity index is 1070. The van der Waals surface area contributed by atoms with E-state index in [9.17, 15) is 4.79 Å². The van der Waals surface area contributed by atoms with E-state index in [0.29, 0.717) is 16.3 Å². The molecule has 0 aliphatic heterocycles. The molecule has 0 radical (unpaired) electrons. The van der Waals surface area contributed by atoms with Crippen LogP contribution in [0.2, 0.25) is 5.02 Å². The number of benzene rings is 4. The number of halogens is 1. The van der Waals surface area contributed by atoms with Crippen LogP contribution in [0.1, 0.15) is 10.4 Å². The number of aldehydes is 1. The Morgan fingerprint density at radius 2 is 1.50 bits per heavy atom. The van der Waals surface area contributed by atoms with Crippen molar-refractivity contribution in [2.45, 2.75) is 0 Å². The van der Waals surface area contributed by atoms with Crippen molar-refractivity contribution < 1.29 is 9.53 Å². The van der Waals surface area contributed by atoms with E-state index in [-0.39, 0.29) is 0 Å². The topological polar surface area (TPSA) is 26.3 Å². The molecule has 0 aliphatic rings. The van der Waals surface area contributed by atoms with Crippen LogP contribution in [-0.2, 0) is 0 Å². The molecule has 126 valence electrons. The van der Waals surface area contributed by atoms with Crippen molar-refractivity contribution in [3.63, 3.8) is 0 Å². The number of carbonyl (C=O) groups excluding carboxylic acids is 1. The van der Waals surface area contributed by atoms with Gasteiger partial charge in [-0.15, -0.1) is 0 Å². The maximum atomic E-state index is 10.9. The van der Waals surface area contributed by atoms with Crippen LogP contribution in [0.15, 0.2) is 84.9 Å². The fourth-order valence-corrected chi connectivity index (χ4v) is 3.07. The highest BCUT2D eigenvalue weighted by Gasteiger charge is 2.12. The Balaban J connectivity index is 1.87. The maximum absolute atomic E-state index is 10.9. The molecule has 26 heavy (non-hydrogen) atoms. The smallest absolute Gasteiger partial charge is 0.150 e. The summed E-state index contributed by atoms with van der Waals surface area (Å²) in [6.45, 7) is 0. The van der Waals surface area contributed by atoms with E-state index >= 15 is 0 Å². The molecule has 3 heteroatoms. The molecule has 0 bridgehead atoms. The van der Waals surface area contributed by atoms with Crippen LogP contribution in [0, 0.1) is 0 Å². The molecule has 0 N–H and O–H groups in total.